The lowest BCUT2D eigenvalue weighted by Crippen LogP contribution is -2.34. The van der Waals surface area contributed by atoms with Gasteiger partial charge in [-0.1, -0.05) is 6.07 Å². The molecule has 1 aromatic rings. The van der Waals surface area contributed by atoms with Gasteiger partial charge in [-0.05, 0) is 64.3 Å². The summed E-state index contributed by atoms with van der Waals surface area (Å²) in [4.78, 5) is 0. The summed E-state index contributed by atoms with van der Waals surface area (Å²) < 4.78 is 12.1. The first-order valence-electron chi connectivity index (χ1n) is 7.32. The predicted molar refractivity (Wildman–Crippen MR) is 83.2 cm³/mol. The highest BCUT2D eigenvalue weighted by Crippen LogP contribution is 2.35. The van der Waals surface area contributed by atoms with Crippen LogP contribution in [-0.2, 0) is 6.42 Å². The molecule has 0 amide bonds. The van der Waals surface area contributed by atoms with Crippen molar-refractivity contribution in [3.63, 3.8) is 0 Å². The van der Waals surface area contributed by atoms with E-state index in [4.69, 9.17) is 9.47 Å². The molecule has 2 aliphatic heterocycles. The van der Waals surface area contributed by atoms with Crippen molar-refractivity contribution in [3.8, 4) is 11.5 Å². The van der Waals surface area contributed by atoms with Crippen molar-refractivity contribution in [2.24, 2.45) is 0 Å². The van der Waals surface area contributed by atoms with Crippen LogP contribution in [-0.4, -0.2) is 24.8 Å². The number of piperidine rings is 1. The maximum Gasteiger partial charge on any atom is 0.126 e. The molecule has 20 heavy (non-hydrogen) atoms. The van der Waals surface area contributed by atoms with Gasteiger partial charge in [0.1, 0.15) is 23.2 Å². The van der Waals surface area contributed by atoms with E-state index >= 15 is 0 Å². The SMILES string of the molecule is CC1(C)CCc2ccc(OC3CCNCC3)cc2O1.Cl. The van der Waals surface area contributed by atoms with Crippen molar-refractivity contribution in [1.82, 2.24) is 5.32 Å². The Balaban J connectivity index is 0.00000147. The molecule has 0 saturated carbocycles. The molecular formula is C16H24ClNO2. The zero-order valence-electron chi connectivity index (χ0n) is 12.3. The molecule has 2 aliphatic rings. The van der Waals surface area contributed by atoms with E-state index in [1.54, 1.807) is 0 Å². The van der Waals surface area contributed by atoms with Gasteiger partial charge in [0.05, 0.1) is 0 Å². The van der Waals surface area contributed by atoms with Crippen LogP contribution in [0.1, 0.15) is 38.7 Å². The summed E-state index contributed by atoms with van der Waals surface area (Å²) in [6, 6.07) is 6.31. The fraction of sp³-hybridized carbons (Fsp3) is 0.625. The zero-order chi connectivity index (χ0) is 13.3. The zero-order valence-corrected chi connectivity index (χ0v) is 13.1. The molecular weight excluding hydrogens is 274 g/mol. The van der Waals surface area contributed by atoms with Crippen LogP contribution in [0.5, 0.6) is 11.5 Å². The van der Waals surface area contributed by atoms with Gasteiger partial charge in [-0.25, -0.2) is 0 Å². The van der Waals surface area contributed by atoms with E-state index in [0.29, 0.717) is 6.10 Å². The Morgan fingerprint density at radius 2 is 2.00 bits per heavy atom. The highest BCUT2D eigenvalue weighted by molar-refractivity contribution is 5.85. The van der Waals surface area contributed by atoms with Crippen molar-refractivity contribution in [2.75, 3.05) is 13.1 Å². The van der Waals surface area contributed by atoms with Crippen molar-refractivity contribution in [2.45, 2.75) is 51.2 Å². The van der Waals surface area contributed by atoms with Crippen LogP contribution in [0.25, 0.3) is 0 Å². The Morgan fingerprint density at radius 1 is 1.25 bits per heavy atom. The van der Waals surface area contributed by atoms with Gasteiger partial charge in [-0.15, -0.1) is 12.4 Å². The second kappa shape index (κ2) is 6.23. The summed E-state index contributed by atoms with van der Waals surface area (Å²) in [6.07, 6.45) is 4.69. The maximum atomic E-state index is 6.07. The Bertz CT molecular complexity index is 456. The minimum absolute atomic E-state index is 0. The van der Waals surface area contributed by atoms with Crippen LogP contribution in [0.3, 0.4) is 0 Å². The smallest absolute Gasteiger partial charge is 0.126 e. The predicted octanol–water partition coefficient (Wildman–Crippen LogP) is 3.34. The molecule has 1 saturated heterocycles. The van der Waals surface area contributed by atoms with E-state index in [2.05, 4.69) is 37.4 Å². The van der Waals surface area contributed by atoms with Crippen LogP contribution in [0, 0.1) is 0 Å². The number of halogens is 1. The van der Waals surface area contributed by atoms with Crippen LogP contribution in [0.2, 0.25) is 0 Å². The molecule has 0 spiro atoms. The number of aryl methyl sites for hydroxylation is 1. The Morgan fingerprint density at radius 3 is 2.75 bits per heavy atom. The molecule has 1 aromatic carbocycles. The lowest BCUT2D eigenvalue weighted by Gasteiger charge is -2.33. The lowest BCUT2D eigenvalue weighted by molar-refractivity contribution is 0.0835. The minimum Gasteiger partial charge on any atom is -0.490 e. The third kappa shape index (κ3) is 3.58. The van der Waals surface area contributed by atoms with Crippen LogP contribution >= 0.6 is 12.4 Å². The number of rotatable bonds is 2. The van der Waals surface area contributed by atoms with E-state index in [0.717, 1.165) is 50.3 Å². The molecule has 0 atom stereocenters. The molecule has 1 fully saturated rings. The van der Waals surface area contributed by atoms with Crippen LogP contribution in [0.4, 0.5) is 0 Å². The fourth-order valence-electron chi connectivity index (χ4n) is 2.80. The number of nitrogens with one attached hydrogen (secondary N) is 1. The summed E-state index contributed by atoms with van der Waals surface area (Å²) in [6.45, 7) is 6.41. The molecule has 0 unspecified atom stereocenters. The topological polar surface area (TPSA) is 30.5 Å². The van der Waals surface area contributed by atoms with Gasteiger partial charge >= 0.3 is 0 Å². The summed E-state index contributed by atoms with van der Waals surface area (Å²) in [7, 11) is 0. The van der Waals surface area contributed by atoms with Gasteiger partial charge in [-0.3, -0.25) is 0 Å². The van der Waals surface area contributed by atoms with E-state index in [9.17, 15) is 0 Å². The molecule has 0 aromatic heterocycles. The number of benzene rings is 1. The first kappa shape index (κ1) is 15.5. The third-order valence-corrected chi connectivity index (χ3v) is 4.01. The summed E-state index contributed by atoms with van der Waals surface area (Å²) in [5, 5.41) is 3.36. The van der Waals surface area contributed by atoms with Crippen molar-refractivity contribution < 1.29 is 9.47 Å². The summed E-state index contributed by atoms with van der Waals surface area (Å²) in [5.41, 5.74) is 1.25. The molecule has 2 heterocycles. The van der Waals surface area contributed by atoms with Gasteiger partial charge in [0, 0.05) is 6.07 Å². The van der Waals surface area contributed by atoms with E-state index in [1.807, 2.05) is 0 Å². The standard InChI is InChI=1S/C16H23NO2.ClH/c1-16(2)8-5-12-3-4-14(11-15(12)19-16)18-13-6-9-17-10-7-13;/h3-4,11,13,17H,5-10H2,1-2H3;1H. The lowest BCUT2D eigenvalue weighted by atomic mass is 9.94. The van der Waals surface area contributed by atoms with Crippen LogP contribution in [0.15, 0.2) is 18.2 Å². The molecule has 3 nitrogen and oxygen atoms in total. The number of fused-ring (bicyclic) bond motifs is 1. The van der Waals surface area contributed by atoms with E-state index in [-0.39, 0.29) is 18.0 Å². The van der Waals surface area contributed by atoms with Crippen LogP contribution < -0.4 is 14.8 Å². The Hall–Kier alpha value is -0.930. The normalized spacial score (nSPS) is 21.3. The largest absolute Gasteiger partial charge is 0.490 e. The third-order valence-electron chi connectivity index (χ3n) is 4.01. The highest BCUT2D eigenvalue weighted by atomic mass is 35.5. The first-order chi connectivity index (χ1) is 9.12. The Kier molecular flexibility index (Phi) is 4.82. The fourth-order valence-corrected chi connectivity index (χ4v) is 2.80. The van der Waals surface area contributed by atoms with Gasteiger partial charge < -0.3 is 14.8 Å². The van der Waals surface area contributed by atoms with Crippen molar-refractivity contribution in [3.05, 3.63) is 23.8 Å². The van der Waals surface area contributed by atoms with Gasteiger partial charge in [0.25, 0.3) is 0 Å². The molecule has 3 rings (SSSR count). The Labute approximate surface area is 127 Å². The first-order valence-corrected chi connectivity index (χ1v) is 7.32. The molecule has 4 heteroatoms. The maximum absolute atomic E-state index is 6.07. The monoisotopic (exact) mass is 297 g/mol. The van der Waals surface area contributed by atoms with Gasteiger partial charge in [0.15, 0.2) is 0 Å². The van der Waals surface area contributed by atoms with Crippen molar-refractivity contribution >= 4 is 12.4 Å². The molecule has 112 valence electrons. The average molecular weight is 298 g/mol. The second-order valence-corrected chi connectivity index (χ2v) is 6.20. The van der Waals surface area contributed by atoms with E-state index in [1.165, 1.54) is 5.56 Å². The van der Waals surface area contributed by atoms with Crippen molar-refractivity contribution in [1.29, 1.82) is 0 Å². The minimum atomic E-state index is -0.0552. The van der Waals surface area contributed by atoms with Gasteiger partial charge in [0.2, 0.25) is 0 Å². The summed E-state index contributed by atoms with van der Waals surface area (Å²) in [5.74, 6) is 1.95. The number of ether oxygens (including phenoxy) is 2. The van der Waals surface area contributed by atoms with Gasteiger partial charge in [-0.2, -0.15) is 0 Å². The quantitative estimate of drug-likeness (QED) is 0.908. The molecule has 0 radical (unpaired) electrons. The highest BCUT2D eigenvalue weighted by Gasteiger charge is 2.27. The second-order valence-electron chi connectivity index (χ2n) is 6.20. The molecule has 0 bridgehead atoms. The molecule has 1 N–H and O–H groups in total. The molecule has 0 aliphatic carbocycles. The number of hydrogen-bond donors (Lipinski definition) is 1. The number of hydrogen-bond acceptors (Lipinski definition) is 3. The average Bonchev–Trinajstić information content (AvgIpc) is 2.38. The summed E-state index contributed by atoms with van der Waals surface area (Å²) >= 11 is 0. The van der Waals surface area contributed by atoms with E-state index < -0.39 is 0 Å².